The maximum absolute atomic E-state index is 11.2. The van der Waals surface area contributed by atoms with Crippen molar-refractivity contribution in [1.29, 1.82) is 0 Å². The van der Waals surface area contributed by atoms with Crippen molar-refractivity contribution in [2.24, 2.45) is 0 Å². The van der Waals surface area contributed by atoms with Crippen LogP contribution in [0, 0.1) is 6.92 Å². The molecule has 0 unspecified atom stereocenters. The van der Waals surface area contributed by atoms with Crippen molar-refractivity contribution in [3.8, 4) is 0 Å². The Morgan fingerprint density at radius 2 is 1.78 bits per heavy atom. The molecule has 1 aliphatic rings. The Bertz CT molecular complexity index is 632. The summed E-state index contributed by atoms with van der Waals surface area (Å²) in [5, 5.41) is 18.9. The Kier molecular flexibility index (Phi) is 4.71. The van der Waals surface area contributed by atoms with Gasteiger partial charge >= 0.3 is 13.1 Å². The SMILES string of the molecule is Cc1c(C=C(CO)B2OC(C)(C)C(C)(C)O2)cccc1C(=O)O. The average Bonchev–Trinajstić information content (AvgIpc) is 2.65. The Morgan fingerprint density at radius 3 is 2.26 bits per heavy atom. The molecule has 1 aromatic carbocycles. The molecular formula is C17H23BO5. The predicted octanol–water partition coefficient (Wildman–Crippen LogP) is 2.70. The average molecular weight is 318 g/mol. The lowest BCUT2D eigenvalue weighted by Crippen LogP contribution is -2.41. The highest BCUT2D eigenvalue weighted by atomic mass is 16.7. The second-order valence-electron chi connectivity index (χ2n) is 6.79. The van der Waals surface area contributed by atoms with Gasteiger partial charge in [0.15, 0.2) is 0 Å². The molecule has 0 aromatic heterocycles. The molecule has 0 saturated carbocycles. The highest BCUT2D eigenvalue weighted by Gasteiger charge is 2.52. The third-order valence-electron chi connectivity index (χ3n) is 4.69. The molecular weight excluding hydrogens is 295 g/mol. The molecule has 1 fully saturated rings. The molecule has 0 spiro atoms. The van der Waals surface area contributed by atoms with Crippen LogP contribution in [0.2, 0.25) is 0 Å². The summed E-state index contributed by atoms with van der Waals surface area (Å²) in [6, 6.07) is 5.05. The lowest BCUT2D eigenvalue weighted by molar-refractivity contribution is 0.00578. The van der Waals surface area contributed by atoms with Crippen LogP contribution in [0.4, 0.5) is 0 Å². The van der Waals surface area contributed by atoms with Crippen molar-refractivity contribution >= 4 is 19.2 Å². The molecule has 0 amide bonds. The number of benzene rings is 1. The number of carboxylic acid groups (broad SMARTS) is 1. The number of aliphatic hydroxyl groups excluding tert-OH is 1. The number of hydrogen-bond donors (Lipinski definition) is 2. The predicted molar refractivity (Wildman–Crippen MR) is 89.3 cm³/mol. The fourth-order valence-corrected chi connectivity index (χ4v) is 2.42. The molecule has 1 heterocycles. The van der Waals surface area contributed by atoms with Crippen LogP contribution in [0.3, 0.4) is 0 Å². The standard InChI is InChI=1S/C17H23BO5/c1-11-12(7-6-8-14(11)15(20)21)9-13(10-19)18-22-16(2,3)17(4,5)23-18/h6-9,19H,10H2,1-5H3,(H,20,21). The van der Waals surface area contributed by atoms with E-state index in [0.717, 1.165) is 5.56 Å². The smallest absolute Gasteiger partial charge is 0.478 e. The second-order valence-corrected chi connectivity index (χ2v) is 6.79. The van der Waals surface area contributed by atoms with Crippen molar-refractivity contribution in [1.82, 2.24) is 0 Å². The van der Waals surface area contributed by atoms with Crippen molar-refractivity contribution < 1.29 is 24.3 Å². The van der Waals surface area contributed by atoms with Crippen LogP contribution in [-0.2, 0) is 9.31 Å². The minimum Gasteiger partial charge on any atom is -0.478 e. The van der Waals surface area contributed by atoms with Gasteiger partial charge in [-0.3, -0.25) is 0 Å². The van der Waals surface area contributed by atoms with Gasteiger partial charge in [0.1, 0.15) is 0 Å². The van der Waals surface area contributed by atoms with E-state index in [1.807, 2.05) is 33.8 Å². The van der Waals surface area contributed by atoms with Gasteiger partial charge in [-0.15, -0.1) is 0 Å². The number of carboxylic acids is 1. The Labute approximate surface area is 137 Å². The van der Waals surface area contributed by atoms with E-state index in [9.17, 15) is 15.0 Å². The highest BCUT2D eigenvalue weighted by molar-refractivity contribution is 6.55. The van der Waals surface area contributed by atoms with Crippen LogP contribution in [0.25, 0.3) is 6.08 Å². The molecule has 0 aliphatic carbocycles. The Morgan fingerprint density at radius 1 is 1.22 bits per heavy atom. The van der Waals surface area contributed by atoms with E-state index in [4.69, 9.17) is 9.31 Å². The van der Waals surface area contributed by atoms with E-state index < -0.39 is 24.3 Å². The van der Waals surface area contributed by atoms with E-state index >= 15 is 0 Å². The summed E-state index contributed by atoms with van der Waals surface area (Å²) in [6.07, 6.45) is 1.74. The summed E-state index contributed by atoms with van der Waals surface area (Å²) in [7, 11) is -0.655. The number of carbonyl (C=O) groups is 1. The van der Waals surface area contributed by atoms with Gasteiger partial charge in [0.25, 0.3) is 0 Å². The fraction of sp³-hybridized carbons (Fsp3) is 0.471. The summed E-state index contributed by atoms with van der Waals surface area (Å²) in [6.45, 7) is 9.29. The Hall–Kier alpha value is -1.63. The fourth-order valence-electron chi connectivity index (χ4n) is 2.42. The normalized spacial score (nSPS) is 19.9. The first-order valence-electron chi connectivity index (χ1n) is 7.59. The first kappa shape index (κ1) is 17.7. The molecule has 2 rings (SSSR count). The van der Waals surface area contributed by atoms with Crippen LogP contribution >= 0.6 is 0 Å². The Balaban J connectivity index is 2.38. The van der Waals surface area contributed by atoms with Crippen LogP contribution in [0.1, 0.15) is 49.2 Å². The van der Waals surface area contributed by atoms with Crippen LogP contribution < -0.4 is 0 Å². The van der Waals surface area contributed by atoms with Crippen molar-refractivity contribution in [2.75, 3.05) is 6.61 Å². The first-order chi connectivity index (χ1) is 10.6. The third-order valence-corrected chi connectivity index (χ3v) is 4.69. The van der Waals surface area contributed by atoms with E-state index in [1.165, 1.54) is 0 Å². The molecule has 6 heteroatoms. The molecule has 0 atom stereocenters. The van der Waals surface area contributed by atoms with Gasteiger partial charge in [-0.25, -0.2) is 4.79 Å². The minimum atomic E-state index is -0.973. The van der Waals surface area contributed by atoms with E-state index in [2.05, 4.69) is 0 Å². The zero-order valence-electron chi connectivity index (χ0n) is 14.2. The molecule has 5 nitrogen and oxygen atoms in total. The number of hydrogen-bond acceptors (Lipinski definition) is 4. The summed E-state index contributed by atoms with van der Waals surface area (Å²) >= 11 is 0. The van der Waals surface area contributed by atoms with Gasteiger partial charge in [0.2, 0.25) is 0 Å². The quantitative estimate of drug-likeness (QED) is 0.835. The lowest BCUT2D eigenvalue weighted by atomic mass is 9.77. The number of aliphatic hydroxyl groups is 1. The van der Waals surface area contributed by atoms with Gasteiger partial charge in [-0.05, 0) is 57.3 Å². The molecule has 23 heavy (non-hydrogen) atoms. The van der Waals surface area contributed by atoms with Gasteiger partial charge in [-0.1, -0.05) is 18.2 Å². The second kappa shape index (κ2) is 6.11. The molecule has 2 N–H and O–H groups in total. The van der Waals surface area contributed by atoms with Crippen molar-refractivity contribution in [2.45, 2.75) is 45.8 Å². The van der Waals surface area contributed by atoms with E-state index in [1.54, 1.807) is 25.1 Å². The largest absolute Gasteiger partial charge is 0.492 e. The number of aromatic carboxylic acids is 1. The number of rotatable bonds is 4. The zero-order valence-corrected chi connectivity index (χ0v) is 14.2. The molecule has 1 aliphatic heterocycles. The van der Waals surface area contributed by atoms with Gasteiger partial charge < -0.3 is 19.5 Å². The summed E-state index contributed by atoms with van der Waals surface area (Å²) in [5.41, 5.74) is 1.18. The maximum atomic E-state index is 11.2. The summed E-state index contributed by atoms with van der Waals surface area (Å²) in [5.74, 6) is -0.973. The zero-order chi connectivity index (χ0) is 17.4. The van der Waals surface area contributed by atoms with Crippen molar-refractivity contribution in [3.63, 3.8) is 0 Å². The lowest BCUT2D eigenvalue weighted by Gasteiger charge is -2.32. The summed E-state index contributed by atoms with van der Waals surface area (Å²) < 4.78 is 11.9. The monoisotopic (exact) mass is 318 g/mol. The molecule has 0 bridgehead atoms. The van der Waals surface area contributed by atoms with Crippen LogP contribution in [-0.4, -0.2) is 41.1 Å². The van der Waals surface area contributed by atoms with Crippen molar-refractivity contribution in [3.05, 3.63) is 40.4 Å². The third kappa shape index (κ3) is 3.34. The summed E-state index contributed by atoms with van der Waals surface area (Å²) in [4.78, 5) is 11.2. The van der Waals surface area contributed by atoms with Crippen LogP contribution in [0.15, 0.2) is 23.7 Å². The minimum absolute atomic E-state index is 0.229. The van der Waals surface area contributed by atoms with Gasteiger partial charge in [-0.2, -0.15) is 0 Å². The van der Waals surface area contributed by atoms with Gasteiger partial charge in [0, 0.05) is 0 Å². The molecule has 0 radical (unpaired) electrons. The molecule has 1 aromatic rings. The van der Waals surface area contributed by atoms with E-state index in [0.29, 0.717) is 11.0 Å². The highest BCUT2D eigenvalue weighted by Crippen LogP contribution is 2.38. The van der Waals surface area contributed by atoms with Crippen LogP contribution in [0.5, 0.6) is 0 Å². The van der Waals surface area contributed by atoms with E-state index in [-0.39, 0.29) is 12.2 Å². The molecule has 124 valence electrons. The topological polar surface area (TPSA) is 76.0 Å². The first-order valence-corrected chi connectivity index (χ1v) is 7.59. The molecule has 1 saturated heterocycles. The van der Waals surface area contributed by atoms with Gasteiger partial charge in [0.05, 0.1) is 23.4 Å². The maximum Gasteiger partial charge on any atom is 0.492 e.